The number of carbonyl (C=O) groups is 1. The molecular formula is C27H34F3N3O2. The van der Waals surface area contributed by atoms with Gasteiger partial charge in [0.1, 0.15) is 6.61 Å². The molecule has 4 rings (SSSR count). The van der Waals surface area contributed by atoms with E-state index >= 15 is 0 Å². The second-order valence-corrected chi connectivity index (χ2v) is 9.61. The predicted molar refractivity (Wildman–Crippen MR) is 132 cm³/mol. The molecule has 0 spiro atoms. The van der Waals surface area contributed by atoms with Gasteiger partial charge in [-0.15, -0.1) is 0 Å². The molecule has 1 amide bonds. The maximum Gasteiger partial charge on any atom is 0.416 e. The molecule has 1 aliphatic heterocycles. The zero-order valence-corrected chi connectivity index (χ0v) is 20.4. The molecule has 0 aromatic heterocycles. The zero-order chi connectivity index (χ0) is 25.0. The van der Waals surface area contributed by atoms with Crippen molar-refractivity contribution in [3.05, 3.63) is 59.2 Å². The molecule has 0 unspecified atom stereocenters. The Morgan fingerprint density at radius 2 is 1.63 bits per heavy atom. The van der Waals surface area contributed by atoms with Crippen molar-refractivity contribution >= 4 is 17.3 Å². The van der Waals surface area contributed by atoms with Crippen LogP contribution in [0.3, 0.4) is 0 Å². The fourth-order valence-corrected chi connectivity index (χ4v) is 5.04. The summed E-state index contributed by atoms with van der Waals surface area (Å²) in [7, 11) is 0. The van der Waals surface area contributed by atoms with E-state index in [1.807, 2.05) is 30.0 Å². The van der Waals surface area contributed by atoms with E-state index in [-0.39, 0.29) is 30.2 Å². The van der Waals surface area contributed by atoms with Crippen LogP contribution in [0, 0.1) is 13.8 Å². The number of benzene rings is 2. The molecule has 2 aliphatic rings. The number of aryl methyl sites for hydroxylation is 2. The van der Waals surface area contributed by atoms with Crippen molar-refractivity contribution in [2.75, 3.05) is 43.0 Å². The number of hydrogen-bond donors (Lipinski definition) is 1. The average molecular weight is 490 g/mol. The number of ether oxygens (including phenoxy) is 1. The SMILES string of the molecule is Cc1cc(C)c(C(F)(F)F)cc1NC1CCC(OCC(=O)N2CCN(c3ccccc3)CC2)CC1. The maximum atomic E-state index is 13.3. The van der Waals surface area contributed by atoms with Crippen molar-refractivity contribution in [2.45, 2.75) is 57.9 Å². The summed E-state index contributed by atoms with van der Waals surface area (Å²) >= 11 is 0. The highest BCUT2D eigenvalue weighted by Crippen LogP contribution is 2.36. The van der Waals surface area contributed by atoms with E-state index in [2.05, 4.69) is 22.3 Å². The van der Waals surface area contributed by atoms with Gasteiger partial charge in [-0.25, -0.2) is 0 Å². The van der Waals surface area contributed by atoms with Crippen molar-refractivity contribution in [2.24, 2.45) is 0 Å². The fourth-order valence-electron chi connectivity index (χ4n) is 5.04. The summed E-state index contributed by atoms with van der Waals surface area (Å²) in [6, 6.07) is 13.1. The summed E-state index contributed by atoms with van der Waals surface area (Å²) in [6.07, 6.45) is -1.20. The molecule has 1 saturated carbocycles. The first-order valence-electron chi connectivity index (χ1n) is 12.3. The number of halogens is 3. The molecule has 5 nitrogen and oxygen atoms in total. The van der Waals surface area contributed by atoms with E-state index in [4.69, 9.17) is 4.74 Å². The number of rotatable bonds is 6. The molecule has 1 aliphatic carbocycles. The molecule has 0 radical (unpaired) electrons. The highest BCUT2D eigenvalue weighted by atomic mass is 19.4. The van der Waals surface area contributed by atoms with Crippen molar-refractivity contribution in [3.63, 3.8) is 0 Å². The Morgan fingerprint density at radius 1 is 0.971 bits per heavy atom. The van der Waals surface area contributed by atoms with Crippen LogP contribution in [0.1, 0.15) is 42.4 Å². The summed E-state index contributed by atoms with van der Waals surface area (Å²) in [6.45, 7) is 6.39. The second-order valence-electron chi connectivity index (χ2n) is 9.61. The van der Waals surface area contributed by atoms with Crippen LogP contribution >= 0.6 is 0 Å². The summed E-state index contributed by atoms with van der Waals surface area (Å²) < 4.78 is 45.8. The van der Waals surface area contributed by atoms with Gasteiger partial charge >= 0.3 is 6.18 Å². The van der Waals surface area contributed by atoms with E-state index < -0.39 is 11.7 Å². The van der Waals surface area contributed by atoms with Crippen LogP contribution in [-0.4, -0.2) is 55.7 Å². The van der Waals surface area contributed by atoms with E-state index in [0.29, 0.717) is 18.8 Å². The first-order valence-corrected chi connectivity index (χ1v) is 12.3. The smallest absolute Gasteiger partial charge is 0.382 e. The topological polar surface area (TPSA) is 44.8 Å². The van der Waals surface area contributed by atoms with E-state index in [1.54, 1.807) is 6.07 Å². The third-order valence-corrected chi connectivity index (χ3v) is 7.11. The number of alkyl halides is 3. The minimum absolute atomic E-state index is 0.00691. The minimum atomic E-state index is -4.36. The van der Waals surface area contributed by atoms with E-state index in [1.165, 1.54) is 18.7 Å². The Kier molecular flexibility index (Phi) is 7.89. The van der Waals surface area contributed by atoms with Gasteiger partial charge in [0.05, 0.1) is 11.7 Å². The molecule has 8 heteroatoms. The first kappa shape index (κ1) is 25.4. The number of para-hydroxylation sites is 1. The Balaban J connectivity index is 1.20. The lowest BCUT2D eigenvalue weighted by atomic mass is 9.92. The third kappa shape index (κ3) is 6.48. The van der Waals surface area contributed by atoms with Crippen LogP contribution in [0.25, 0.3) is 0 Å². The summed E-state index contributed by atoms with van der Waals surface area (Å²) in [4.78, 5) is 16.8. The lowest BCUT2D eigenvalue weighted by Crippen LogP contribution is -2.50. The highest BCUT2D eigenvalue weighted by Gasteiger charge is 2.33. The molecule has 0 bridgehead atoms. The van der Waals surface area contributed by atoms with Gasteiger partial charge in [-0.1, -0.05) is 24.3 Å². The predicted octanol–water partition coefficient (Wildman–Crippen LogP) is 5.41. The molecule has 1 N–H and O–H groups in total. The second kappa shape index (κ2) is 10.9. The van der Waals surface area contributed by atoms with Crippen LogP contribution in [0.4, 0.5) is 24.5 Å². The summed E-state index contributed by atoms with van der Waals surface area (Å²) in [5, 5.41) is 3.31. The monoisotopic (exact) mass is 489 g/mol. The van der Waals surface area contributed by atoms with Gasteiger partial charge in [0.25, 0.3) is 0 Å². The van der Waals surface area contributed by atoms with Crippen LogP contribution in [0.5, 0.6) is 0 Å². The molecule has 35 heavy (non-hydrogen) atoms. The Bertz CT molecular complexity index is 997. The minimum Gasteiger partial charge on any atom is -0.382 e. The molecular weight excluding hydrogens is 455 g/mol. The van der Waals surface area contributed by atoms with Crippen LogP contribution in [0.2, 0.25) is 0 Å². The zero-order valence-electron chi connectivity index (χ0n) is 20.4. The van der Waals surface area contributed by atoms with E-state index in [0.717, 1.165) is 44.3 Å². The Morgan fingerprint density at radius 3 is 2.26 bits per heavy atom. The van der Waals surface area contributed by atoms with Gasteiger partial charge in [-0.2, -0.15) is 13.2 Å². The largest absolute Gasteiger partial charge is 0.416 e. The number of piperazine rings is 1. The number of amides is 1. The quantitative estimate of drug-likeness (QED) is 0.589. The third-order valence-electron chi connectivity index (χ3n) is 7.11. The van der Waals surface area contributed by atoms with Gasteiger partial charge in [0, 0.05) is 43.6 Å². The van der Waals surface area contributed by atoms with E-state index in [9.17, 15) is 18.0 Å². The lowest BCUT2D eigenvalue weighted by Gasteiger charge is -2.36. The highest BCUT2D eigenvalue weighted by molar-refractivity contribution is 5.77. The lowest BCUT2D eigenvalue weighted by molar-refractivity contribution is -0.139. The molecule has 2 aromatic rings. The van der Waals surface area contributed by atoms with Gasteiger partial charge < -0.3 is 19.9 Å². The first-order chi connectivity index (χ1) is 16.7. The van der Waals surface area contributed by atoms with Gasteiger partial charge in [-0.05, 0) is 68.9 Å². The molecule has 1 saturated heterocycles. The number of nitrogens with one attached hydrogen (secondary N) is 1. The molecule has 2 aromatic carbocycles. The average Bonchev–Trinajstić information content (AvgIpc) is 2.85. The van der Waals surface area contributed by atoms with Crippen molar-refractivity contribution in [1.29, 1.82) is 0 Å². The van der Waals surface area contributed by atoms with Crippen LogP contribution < -0.4 is 10.2 Å². The Hall–Kier alpha value is -2.74. The van der Waals surface area contributed by atoms with Crippen molar-refractivity contribution in [1.82, 2.24) is 4.90 Å². The maximum absolute atomic E-state index is 13.3. The summed E-state index contributed by atoms with van der Waals surface area (Å²) in [5.41, 5.74) is 2.18. The molecule has 190 valence electrons. The number of anilines is 2. The standard InChI is InChI=1S/C27H34F3N3O2/c1-19-16-20(2)25(17-24(19)27(28,29)30)31-21-8-10-23(11-9-21)35-18-26(34)33-14-12-32(13-15-33)22-6-4-3-5-7-22/h3-7,16-17,21,23,31H,8-15,18H2,1-2H3. The number of carbonyl (C=O) groups excluding carboxylic acids is 1. The summed E-state index contributed by atoms with van der Waals surface area (Å²) in [5.74, 6) is 0.0212. The van der Waals surface area contributed by atoms with Crippen molar-refractivity contribution < 1.29 is 22.7 Å². The molecule has 1 heterocycles. The van der Waals surface area contributed by atoms with Crippen molar-refractivity contribution in [3.8, 4) is 0 Å². The number of hydrogen-bond acceptors (Lipinski definition) is 4. The molecule has 0 atom stereocenters. The molecule has 2 fully saturated rings. The number of nitrogens with zero attached hydrogens (tertiary/aromatic N) is 2. The Labute approximate surface area is 205 Å². The van der Waals surface area contributed by atoms with Gasteiger partial charge in [-0.3, -0.25) is 4.79 Å². The van der Waals surface area contributed by atoms with Gasteiger partial charge in [0.2, 0.25) is 5.91 Å². The fraction of sp³-hybridized carbons (Fsp3) is 0.519. The normalized spacial score (nSPS) is 21.2. The van der Waals surface area contributed by atoms with Crippen LogP contribution in [-0.2, 0) is 15.7 Å². The van der Waals surface area contributed by atoms with Gasteiger partial charge in [0.15, 0.2) is 0 Å². The van der Waals surface area contributed by atoms with Crippen LogP contribution in [0.15, 0.2) is 42.5 Å².